The Kier molecular flexibility index (Phi) is 5.38. The van der Waals surface area contributed by atoms with Gasteiger partial charge >= 0.3 is 0 Å². The Morgan fingerprint density at radius 1 is 1.00 bits per heavy atom. The summed E-state index contributed by atoms with van der Waals surface area (Å²) in [5.41, 5.74) is 6.33. The number of nitrogens with zero attached hydrogens (tertiary/aromatic N) is 3. The predicted molar refractivity (Wildman–Crippen MR) is 116 cm³/mol. The van der Waals surface area contributed by atoms with E-state index in [1.165, 1.54) is 22.4 Å². The van der Waals surface area contributed by atoms with Crippen molar-refractivity contribution >= 4 is 17.3 Å². The van der Waals surface area contributed by atoms with E-state index in [1.54, 1.807) is 4.90 Å². The van der Waals surface area contributed by atoms with Crippen molar-refractivity contribution in [2.75, 3.05) is 43.0 Å². The molecule has 0 unspecified atom stereocenters. The van der Waals surface area contributed by atoms with E-state index in [2.05, 4.69) is 71.5 Å². The Morgan fingerprint density at radius 3 is 2.61 bits per heavy atom. The van der Waals surface area contributed by atoms with Crippen molar-refractivity contribution < 1.29 is 4.79 Å². The summed E-state index contributed by atoms with van der Waals surface area (Å²) in [5.74, 6) is 0.213. The molecule has 0 spiro atoms. The first kappa shape index (κ1) is 18.6. The Bertz CT molecular complexity index is 881. The first-order valence-corrected chi connectivity index (χ1v) is 10.2. The molecule has 2 heterocycles. The molecule has 0 aliphatic carbocycles. The monoisotopic (exact) mass is 375 g/mol. The van der Waals surface area contributed by atoms with Gasteiger partial charge in [-0.15, -0.1) is 0 Å². The normalized spacial score (nSPS) is 17.4. The highest BCUT2D eigenvalue weighted by Crippen LogP contribution is 2.27. The number of fused-ring (bicyclic) bond motifs is 1. The topological polar surface area (TPSA) is 26.8 Å². The number of rotatable bonds is 4. The molecule has 2 aliphatic rings. The summed E-state index contributed by atoms with van der Waals surface area (Å²) in [6, 6.07) is 15.3. The third-order valence-electron chi connectivity index (χ3n) is 5.84. The van der Waals surface area contributed by atoms with Gasteiger partial charge in [-0.05, 0) is 60.9 Å². The second kappa shape index (κ2) is 8.09. The standard InChI is InChI=1S/C24H29N3O/c1-19-5-3-7-22(17-19)27-15-13-26(14-16-27)12-4-6-20-8-10-23-21(18-20)9-11-24(28)25(23)2/h3-5,7-8,10,12,17-18H,6,9,11,13-16H2,1-2H3. The Morgan fingerprint density at radius 2 is 1.82 bits per heavy atom. The lowest BCUT2D eigenvalue weighted by Crippen LogP contribution is -2.44. The number of carbonyl (C=O) groups is 1. The third-order valence-corrected chi connectivity index (χ3v) is 5.84. The predicted octanol–water partition coefficient (Wildman–Crippen LogP) is 3.78. The van der Waals surface area contributed by atoms with Crippen molar-refractivity contribution in [1.29, 1.82) is 0 Å². The fourth-order valence-electron chi connectivity index (χ4n) is 4.13. The summed E-state index contributed by atoms with van der Waals surface area (Å²) < 4.78 is 0. The molecule has 0 atom stereocenters. The van der Waals surface area contributed by atoms with Gasteiger partial charge in [0.15, 0.2) is 0 Å². The van der Waals surface area contributed by atoms with Crippen molar-refractivity contribution in [2.24, 2.45) is 0 Å². The maximum Gasteiger partial charge on any atom is 0.227 e. The number of hydrogen-bond donors (Lipinski definition) is 0. The molecule has 1 saturated heterocycles. The number of anilines is 2. The van der Waals surface area contributed by atoms with Crippen LogP contribution in [0.1, 0.15) is 23.1 Å². The molecule has 2 aliphatic heterocycles. The molecule has 2 aromatic rings. The summed E-state index contributed by atoms with van der Waals surface area (Å²) in [5, 5.41) is 0. The molecule has 0 saturated carbocycles. The average molecular weight is 376 g/mol. The van der Waals surface area contributed by atoms with Gasteiger partial charge in [-0.2, -0.15) is 0 Å². The number of hydrogen-bond acceptors (Lipinski definition) is 3. The van der Waals surface area contributed by atoms with Gasteiger partial charge in [0.05, 0.1) is 0 Å². The number of benzene rings is 2. The van der Waals surface area contributed by atoms with Crippen molar-refractivity contribution in [3.05, 3.63) is 71.4 Å². The summed E-state index contributed by atoms with van der Waals surface area (Å²) in [4.78, 5) is 18.5. The third kappa shape index (κ3) is 4.06. The zero-order chi connectivity index (χ0) is 19.5. The van der Waals surface area contributed by atoms with Gasteiger partial charge in [-0.25, -0.2) is 0 Å². The minimum atomic E-state index is 0.213. The Labute approximate surface area is 168 Å². The van der Waals surface area contributed by atoms with Crippen LogP contribution >= 0.6 is 0 Å². The smallest absolute Gasteiger partial charge is 0.227 e. The number of piperazine rings is 1. The van der Waals surface area contributed by atoms with Crippen molar-refractivity contribution in [2.45, 2.75) is 26.2 Å². The van der Waals surface area contributed by atoms with Crippen LogP contribution in [0.4, 0.5) is 11.4 Å². The van der Waals surface area contributed by atoms with Crippen LogP contribution in [0.2, 0.25) is 0 Å². The van der Waals surface area contributed by atoms with Crippen LogP contribution in [0.25, 0.3) is 0 Å². The molecular formula is C24H29N3O. The zero-order valence-electron chi connectivity index (χ0n) is 16.9. The molecule has 146 valence electrons. The number of amides is 1. The van der Waals surface area contributed by atoms with Crippen molar-refractivity contribution in [1.82, 2.24) is 4.90 Å². The maximum atomic E-state index is 11.8. The first-order valence-electron chi connectivity index (χ1n) is 10.2. The van der Waals surface area contributed by atoms with E-state index in [0.29, 0.717) is 6.42 Å². The van der Waals surface area contributed by atoms with Gasteiger partial charge in [0, 0.05) is 51.0 Å². The summed E-state index contributed by atoms with van der Waals surface area (Å²) in [6.45, 7) is 6.39. The van der Waals surface area contributed by atoms with Crippen molar-refractivity contribution in [3.63, 3.8) is 0 Å². The van der Waals surface area contributed by atoms with E-state index in [1.807, 2.05) is 7.05 Å². The number of aryl methyl sites for hydroxylation is 2. The lowest BCUT2D eigenvalue weighted by molar-refractivity contribution is -0.118. The van der Waals surface area contributed by atoms with Crippen LogP contribution in [0.3, 0.4) is 0 Å². The second-order valence-electron chi connectivity index (χ2n) is 7.87. The van der Waals surface area contributed by atoms with Crippen LogP contribution < -0.4 is 9.80 Å². The van der Waals surface area contributed by atoms with E-state index >= 15 is 0 Å². The van der Waals surface area contributed by atoms with Crippen molar-refractivity contribution in [3.8, 4) is 0 Å². The fourth-order valence-corrected chi connectivity index (χ4v) is 4.13. The molecule has 28 heavy (non-hydrogen) atoms. The lowest BCUT2D eigenvalue weighted by Gasteiger charge is -2.35. The van der Waals surface area contributed by atoms with Crippen LogP contribution in [-0.4, -0.2) is 44.0 Å². The van der Waals surface area contributed by atoms with E-state index in [-0.39, 0.29) is 5.91 Å². The average Bonchev–Trinajstić information content (AvgIpc) is 2.71. The minimum absolute atomic E-state index is 0.213. The van der Waals surface area contributed by atoms with E-state index in [4.69, 9.17) is 0 Å². The Balaban J connectivity index is 1.31. The summed E-state index contributed by atoms with van der Waals surface area (Å²) >= 11 is 0. The summed E-state index contributed by atoms with van der Waals surface area (Å²) in [6.07, 6.45) is 6.93. The van der Waals surface area contributed by atoms with Gasteiger partial charge in [-0.1, -0.05) is 30.3 Å². The van der Waals surface area contributed by atoms with Gasteiger partial charge in [-0.3, -0.25) is 4.79 Å². The molecule has 4 heteroatoms. The molecule has 4 rings (SSSR count). The molecule has 4 nitrogen and oxygen atoms in total. The fraction of sp³-hybridized carbons (Fsp3) is 0.375. The molecule has 2 aromatic carbocycles. The second-order valence-corrected chi connectivity index (χ2v) is 7.87. The highest BCUT2D eigenvalue weighted by atomic mass is 16.2. The van der Waals surface area contributed by atoms with Crippen LogP contribution in [0.5, 0.6) is 0 Å². The van der Waals surface area contributed by atoms with Crippen LogP contribution in [0, 0.1) is 6.92 Å². The van der Waals surface area contributed by atoms with Gasteiger partial charge < -0.3 is 14.7 Å². The highest BCUT2D eigenvalue weighted by Gasteiger charge is 2.20. The van der Waals surface area contributed by atoms with Crippen LogP contribution in [-0.2, 0) is 17.6 Å². The minimum Gasteiger partial charge on any atom is -0.374 e. The molecule has 1 fully saturated rings. The first-order chi connectivity index (χ1) is 13.6. The highest BCUT2D eigenvalue weighted by molar-refractivity contribution is 5.95. The molecule has 0 radical (unpaired) electrons. The SMILES string of the molecule is Cc1cccc(N2CCN(C=CCc3ccc4c(c3)CCC(=O)N4C)CC2)c1. The molecule has 0 N–H and O–H groups in total. The quantitative estimate of drug-likeness (QED) is 0.814. The molecular weight excluding hydrogens is 346 g/mol. The van der Waals surface area contributed by atoms with E-state index in [0.717, 1.165) is 44.7 Å². The number of carbonyl (C=O) groups excluding carboxylic acids is 1. The van der Waals surface area contributed by atoms with Crippen LogP contribution in [0.15, 0.2) is 54.7 Å². The van der Waals surface area contributed by atoms with Gasteiger partial charge in [0.25, 0.3) is 0 Å². The lowest BCUT2D eigenvalue weighted by atomic mass is 9.98. The zero-order valence-corrected chi connectivity index (χ0v) is 16.9. The molecule has 0 bridgehead atoms. The maximum absolute atomic E-state index is 11.8. The van der Waals surface area contributed by atoms with E-state index < -0.39 is 0 Å². The largest absolute Gasteiger partial charge is 0.374 e. The number of allylic oxidation sites excluding steroid dienone is 1. The molecule has 0 aromatic heterocycles. The molecule has 1 amide bonds. The summed E-state index contributed by atoms with van der Waals surface area (Å²) in [7, 11) is 1.87. The van der Waals surface area contributed by atoms with E-state index in [9.17, 15) is 4.79 Å². The Hall–Kier alpha value is -2.75. The van der Waals surface area contributed by atoms with Gasteiger partial charge in [0.2, 0.25) is 5.91 Å². The van der Waals surface area contributed by atoms with Gasteiger partial charge in [0.1, 0.15) is 0 Å².